The quantitative estimate of drug-likeness (QED) is 0.244. The van der Waals surface area contributed by atoms with Gasteiger partial charge in [-0.2, -0.15) is 11.8 Å². The van der Waals surface area contributed by atoms with Crippen LogP contribution in [0.4, 0.5) is 0 Å². The number of rotatable bonds is 12. The zero-order valence-corrected chi connectivity index (χ0v) is 19.6. The van der Waals surface area contributed by atoms with Gasteiger partial charge in [0, 0.05) is 6.42 Å². The first kappa shape index (κ1) is 26.5. The van der Waals surface area contributed by atoms with Crippen LogP contribution in [0.5, 0.6) is 5.75 Å². The molecule has 1 aromatic carbocycles. The van der Waals surface area contributed by atoms with E-state index in [-0.39, 0.29) is 24.1 Å². The van der Waals surface area contributed by atoms with Gasteiger partial charge in [-0.05, 0) is 62.4 Å². The fraction of sp³-hybridized carbons (Fsp3) is 0.545. The molecule has 182 valence electrons. The molecule has 4 atom stereocenters. The molecule has 33 heavy (non-hydrogen) atoms. The van der Waals surface area contributed by atoms with Crippen LogP contribution in [0, 0.1) is 0 Å². The van der Waals surface area contributed by atoms with Crippen molar-refractivity contribution >= 4 is 35.5 Å². The molecule has 11 heteroatoms. The number of carbonyl (C=O) groups excluding carboxylic acids is 3. The summed E-state index contributed by atoms with van der Waals surface area (Å²) < 4.78 is 0. The number of aromatic hydroxyl groups is 1. The summed E-state index contributed by atoms with van der Waals surface area (Å²) >= 11 is 1.49. The van der Waals surface area contributed by atoms with Crippen LogP contribution in [-0.4, -0.2) is 76.6 Å². The predicted molar refractivity (Wildman–Crippen MR) is 125 cm³/mol. The summed E-state index contributed by atoms with van der Waals surface area (Å²) in [6.45, 7) is 2.07. The maximum absolute atomic E-state index is 13.2. The minimum absolute atomic E-state index is 0.0836. The first-order valence-electron chi connectivity index (χ1n) is 10.9. The van der Waals surface area contributed by atoms with Crippen LogP contribution in [0.1, 0.15) is 31.7 Å². The highest BCUT2D eigenvalue weighted by molar-refractivity contribution is 7.98. The first-order valence-corrected chi connectivity index (χ1v) is 12.2. The summed E-state index contributed by atoms with van der Waals surface area (Å²) in [5.41, 5.74) is 0.720. The number of phenolic OH excluding ortho intramolecular Hbond substituents is 1. The largest absolute Gasteiger partial charge is 0.508 e. The second-order valence-electron chi connectivity index (χ2n) is 7.99. The topological polar surface area (TPSA) is 157 Å². The molecule has 4 unspecified atom stereocenters. The Morgan fingerprint density at radius 2 is 1.76 bits per heavy atom. The van der Waals surface area contributed by atoms with Crippen molar-refractivity contribution < 1.29 is 29.4 Å². The van der Waals surface area contributed by atoms with Gasteiger partial charge in [-0.3, -0.25) is 19.2 Å². The van der Waals surface area contributed by atoms with Crippen LogP contribution in [0.3, 0.4) is 0 Å². The highest BCUT2D eigenvalue weighted by Crippen LogP contribution is 2.13. The molecule has 1 fully saturated rings. The summed E-state index contributed by atoms with van der Waals surface area (Å²) in [6, 6.07) is 2.91. The Morgan fingerprint density at radius 1 is 1.09 bits per heavy atom. The number of phenols is 1. The van der Waals surface area contributed by atoms with E-state index in [1.54, 1.807) is 12.1 Å². The van der Waals surface area contributed by atoms with Crippen LogP contribution in [0.2, 0.25) is 0 Å². The lowest BCUT2D eigenvalue weighted by molar-refractivity contribution is -0.141. The van der Waals surface area contributed by atoms with Crippen molar-refractivity contribution in [3.63, 3.8) is 0 Å². The lowest BCUT2D eigenvalue weighted by atomic mass is 10.0. The number of hydrogen-bond donors (Lipinski definition) is 6. The molecule has 0 radical (unpaired) electrons. The summed E-state index contributed by atoms with van der Waals surface area (Å²) in [7, 11) is 0. The average Bonchev–Trinajstić information content (AvgIpc) is 3.32. The maximum Gasteiger partial charge on any atom is 0.325 e. The van der Waals surface area contributed by atoms with Gasteiger partial charge in [0.05, 0.1) is 6.04 Å². The van der Waals surface area contributed by atoms with Crippen molar-refractivity contribution in [2.75, 3.05) is 18.6 Å². The van der Waals surface area contributed by atoms with Gasteiger partial charge in [0.25, 0.3) is 0 Å². The molecule has 3 amide bonds. The number of aliphatic carboxylic acids is 1. The van der Waals surface area contributed by atoms with Gasteiger partial charge >= 0.3 is 5.97 Å². The molecule has 1 heterocycles. The number of carboxylic acid groups (broad SMARTS) is 1. The number of carbonyl (C=O) groups is 4. The minimum Gasteiger partial charge on any atom is -0.508 e. The van der Waals surface area contributed by atoms with E-state index in [4.69, 9.17) is 5.11 Å². The van der Waals surface area contributed by atoms with Crippen molar-refractivity contribution in [2.45, 2.75) is 56.8 Å². The SMILES string of the molecule is CSCCC(NC(=O)C(Cc1ccc(O)cc1)NC(=O)C1CCCN1)C(=O)NC(C)C(=O)O. The second kappa shape index (κ2) is 13.0. The van der Waals surface area contributed by atoms with E-state index < -0.39 is 35.9 Å². The van der Waals surface area contributed by atoms with Gasteiger partial charge in [0.15, 0.2) is 0 Å². The standard InChI is InChI=1S/C22H32N4O6S/c1-13(22(31)32)24-20(29)17(9-11-33-2)25-21(30)18(12-14-5-7-15(27)8-6-14)26-19(28)16-4-3-10-23-16/h5-8,13,16-18,23,27H,3-4,9-12H2,1-2H3,(H,24,29)(H,25,30)(H,26,28)(H,31,32). The van der Waals surface area contributed by atoms with Crippen molar-refractivity contribution in [1.82, 2.24) is 21.3 Å². The zero-order valence-electron chi connectivity index (χ0n) is 18.8. The molecule has 1 aliphatic heterocycles. The fourth-order valence-electron chi connectivity index (χ4n) is 3.41. The van der Waals surface area contributed by atoms with Gasteiger partial charge in [-0.1, -0.05) is 12.1 Å². The molecular formula is C22H32N4O6S. The Hall–Kier alpha value is -2.79. The van der Waals surface area contributed by atoms with Crippen molar-refractivity contribution in [1.29, 1.82) is 0 Å². The molecule has 1 aliphatic rings. The van der Waals surface area contributed by atoms with Crippen LogP contribution in [0.25, 0.3) is 0 Å². The molecule has 2 rings (SSSR count). The Balaban J connectivity index is 2.15. The molecule has 1 aromatic rings. The second-order valence-corrected chi connectivity index (χ2v) is 8.98. The molecule has 10 nitrogen and oxygen atoms in total. The molecule has 1 saturated heterocycles. The van der Waals surface area contributed by atoms with Crippen molar-refractivity contribution in [3.05, 3.63) is 29.8 Å². The first-order chi connectivity index (χ1) is 15.7. The normalized spacial score (nSPS) is 18.1. The van der Waals surface area contributed by atoms with Gasteiger partial charge in [-0.25, -0.2) is 0 Å². The molecule has 0 saturated carbocycles. The lowest BCUT2D eigenvalue weighted by Gasteiger charge is -2.25. The smallest absolute Gasteiger partial charge is 0.325 e. The Morgan fingerprint density at radius 3 is 2.33 bits per heavy atom. The van der Waals surface area contributed by atoms with E-state index in [2.05, 4.69) is 21.3 Å². The van der Waals surface area contributed by atoms with Crippen LogP contribution in [-0.2, 0) is 25.6 Å². The van der Waals surface area contributed by atoms with E-state index in [9.17, 15) is 24.3 Å². The average molecular weight is 481 g/mol. The Kier molecular flexibility index (Phi) is 10.5. The molecular weight excluding hydrogens is 448 g/mol. The van der Waals surface area contributed by atoms with E-state index >= 15 is 0 Å². The van der Waals surface area contributed by atoms with E-state index in [1.807, 2.05) is 6.26 Å². The zero-order chi connectivity index (χ0) is 24.4. The summed E-state index contributed by atoms with van der Waals surface area (Å²) in [6.07, 6.45) is 3.86. The van der Waals surface area contributed by atoms with Gasteiger partial charge in [0.1, 0.15) is 23.9 Å². The predicted octanol–water partition coefficient (Wildman–Crippen LogP) is -0.00130. The number of hydrogen-bond acceptors (Lipinski definition) is 7. The number of thioether (sulfide) groups is 1. The third kappa shape index (κ3) is 8.58. The van der Waals surface area contributed by atoms with Gasteiger partial charge in [-0.15, -0.1) is 0 Å². The molecule has 0 spiro atoms. The highest BCUT2D eigenvalue weighted by Gasteiger charge is 2.30. The third-order valence-electron chi connectivity index (χ3n) is 5.36. The van der Waals surface area contributed by atoms with E-state index in [0.29, 0.717) is 18.6 Å². The number of carboxylic acids is 1. The molecule has 0 aliphatic carbocycles. The van der Waals surface area contributed by atoms with Crippen molar-refractivity contribution in [3.8, 4) is 5.75 Å². The minimum atomic E-state index is -1.18. The van der Waals surface area contributed by atoms with Gasteiger partial charge in [0.2, 0.25) is 17.7 Å². The Bertz CT molecular complexity index is 829. The molecule has 6 N–H and O–H groups in total. The van der Waals surface area contributed by atoms with Crippen LogP contribution >= 0.6 is 11.8 Å². The van der Waals surface area contributed by atoms with Crippen LogP contribution in [0.15, 0.2) is 24.3 Å². The summed E-state index contributed by atoms with van der Waals surface area (Å²) in [4.78, 5) is 49.6. The lowest BCUT2D eigenvalue weighted by Crippen LogP contribution is -2.57. The summed E-state index contributed by atoms with van der Waals surface area (Å²) in [5, 5.41) is 29.5. The fourth-order valence-corrected chi connectivity index (χ4v) is 3.88. The third-order valence-corrected chi connectivity index (χ3v) is 6.00. The van der Waals surface area contributed by atoms with E-state index in [1.165, 1.54) is 30.8 Å². The highest BCUT2D eigenvalue weighted by atomic mass is 32.2. The number of nitrogens with one attached hydrogen (secondary N) is 4. The van der Waals surface area contributed by atoms with Crippen LogP contribution < -0.4 is 21.3 Å². The monoisotopic (exact) mass is 480 g/mol. The van der Waals surface area contributed by atoms with Gasteiger partial charge < -0.3 is 31.5 Å². The summed E-state index contributed by atoms with van der Waals surface area (Å²) in [5.74, 6) is -1.96. The Labute approximate surface area is 197 Å². The number of amides is 3. The molecule has 0 bridgehead atoms. The van der Waals surface area contributed by atoms with E-state index in [0.717, 1.165) is 18.5 Å². The molecule has 0 aromatic heterocycles. The maximum atomic E-state index is 13.2. The van der Waals surface area contributed by atoms with Crippen molar-refractivity contribution in [2.24, 2.45) is 0 Å². The number of benzene rings is 1.